The van der Waals surface area contributed by atoms with Gasteiger partial charge in [0.05, 0.1) is 49.8 Å². The predicted octanol–water partition coefficient (Wildman–Crippen LogP) is 9.93. The fourth-order valence-electron chi connectivity index (χ4n) is 16.2. The zero-order valence-electron chi connectivity index (χ0n) is 58.3. The van der Waals surface area contributed by atoms with Gasteiger partial charge in [0, 0.05) is 78.9 Å². The van der Waals surface area contributed by atoms with E-state index in [1.165, 1.54) is 55.8 Å². The molecule has 6 aliphatic rings. The molecule has 4 unspecified atom stereocenters. The van der Waals surface area contributed by atoms with E-state index >= 15 is 0 Å². The van der Waals surface area contributed by atoms with Crippen molar-refractivity contribution in [2.75, 3.05) is 37.4 Å². The van der Waals surface area contributed by atoms with Crippen LogP contribution in [0.15, 0.2) is 182 Å². The van der Waals surface area contributed by atoms with Crippen LogP contribution in [0.4, 0.5) is 26.3 Å². The average Bonchev–Trinajstić information content (AvgIpc) is 1.42. The number of benzene rings is 6. The molecule has 6 heterocycles. The molecule has 0 N–H and O–H groups in total. The molecule has 0 aliphatic carbocycles. The number of piperidine rings is 3. The average molecular weight is 1660 g/mol. The molecule has 6 fully saturated rings. The molecule has 526 valence electrons. The van der Waals surface area contributed by atoms with Crippen molar-refractivity contribution in [3.63, 3.8) is 0 Å². The number of hydrogen-bond donors (Lipinski definition) is 0. The predicted molar refractivity (Wildman–Crippen MR) is 382 cm³/mol. The van der Waals surface area contributed by atoms with Gasteiger partial charge in [-0.05, 0) is 136 Å². The minimum atomic E-state index is -4.08. The van der Waals surface area contributed by atoms with Gasteiger partial charge in [-0.25, -0.2) is 0 Å². The molecule has 0 radical (unpaired) electrons. The van der Waals surface area contributed by atoms with Crippen LogP contribution in [-0.4, -0.2) is 107 Å². The zero-order chi connectivity index (χ0) is 68.5. The molecule has 12 rings (SSSR count). The Hall–Kier alpha value is -2.36. The third-order valence-electron chi connectivity index (χ3n) is 21.1. The molecule has 0 amide bonds. The van der Waals surface area contributed by atoms with E-state index in [1.54, 1.807) is 0 Å². The maximum atomic E-state index is 12.7. The van der Waals surface area contributed by atoms with Crippen LogP contribution >= 0.6 is 38.5 Å². The number of carbonyl (C=O) groups excluding carboxylic acids is 1. The summed E-state index contributed by atoms with van der Waals surface area (Å²) in [6.45, 7) is 0.419. The Morgan fingerprint density at radius 1 is 0.556 bits per heavy atom. The van der Waals surface area contributed by atoms with E-state index in [0.29, 0.717) is 47.9 Å². The molecule has 0 saturated carbocycles. The molecule has 6 saturated heterocycles. The smallest absolute Gasteiger partial charge is 1.00 e. The van der Waals surface area contributed by atoms with Gasteiger partial charge in [-0.1, -0.05) is 228 Å². The van der Waals surface area contributed by atoms with Crippen molar-refractivity contribution >= 4 is 45.0 Å². The molecule has 99 heavy (non-hydrogen) atoms. The summed E-state index contributed by atoms with van der Waals surface area (Å²) in [7, 11) is 6.76. The number of alkyl halides is 8. The Bertz CT molecular complexity index is 3190. The number of rotatable bonds is 17. The Labute approximate surface area is 705 Å². The van der Waals surface area contributed by atoms with Gasteiger partial charge >= 0.3 is 115 Å². The Balaban J connectivity index is 0.000000444. The van der Waals surface area contributed by atoms with Gasteiger partial charge < -0.3 is 42.8 Å². The van der Waals surface area contributed by atoms with E-state index in [4.69, 9.17) is 10.1 Å². The topological polar surface area (TPSA) is 127 Å². The number of nitrogens with zero attached hydrogens (tertiary/aromatic N) is 6. The second-order valence-electron chi connectivity index (χ2n) is 26.8. The van der Waals surface area contributed by atoms with Gasteiger partial charge in [-0.15, -0.1) is 0 Å². The number of nitriles is 3. The van der Waals surface area contributed by atoms with Crippen LogP contribution in [0.5, 0.6) is 0 Å². The molecular formula is C79H97Br2F6IK2N6O3. The molecule has 0 aromatic heterocycles. The van der Waals surface area contributed by atoms with Gasteiger partial charge in [0.2, 0.25) is 0 Å². The van der Waals surface area contributed by atoms with E-state index in [9.17, 15) is 42.1 Å². The van der Waals surface area contributed by atoms with Crippen molar-refractivity contribution in [2.24, 2.45) is 17.8 Å². The summed E-state index contributed by atoms with van der Waals surface area (Å²) in [6.07, 6.45) is 7.76. The molecular weight excluding hydrogens is 1560 g/mol. The third kappa shape index (κ3) is 26.3. The van der Waals surface area contributed by atoms with Gasteiger partial charge in [-0.3, -0.25) is 4.79 Å². The van der Waals surface area contributed by atoms with Crippen molar-refractivity contribution in [1.29, 1.82) is 15.8 Å². The van der Waals surface area contributed by atoms with E-state index in [2.05, 4.69) is 141 Å². The van der Waals surface area contributed by atoms with Crippen LogP contribution in [0, 0.1) is 51.7 Å². The first-order chi connectivity index (χ1) is 45.7. The molecule has 6 aliphatic heterocycles. The van der Waals surface area contributed by atoms with Gasteiger partial charge in [0.15, 0.2) is 0 Å². The number of hydrogen-bond acceptors (Lipinski definition) is 8. The molecule has 6 bridgehead atoms. The summed E-state index contributed by atoms with van der Waals surface area (Å²) in [5, 5.41) is 38.9. The van der Waals surface area contributed by atoms with Crippen molar-refractivity contribution in [3.8, 4) is 18.2 Å². The van der Waals surface area contributed by atoms with Crippen LogP contribution < -0.4 is 125 Å². The summed E-state index contributed by atoms with van der Waals surface area (Å²) in [5.74, 6) is 1.88. The summed E-state index contributed by atoms with van der Waals surface area (Å²) in [5.41, 5.74) is 5.16. The first-order valence-corrected chi connectivity index (χ1v) is 36.1. The SMILES string of the molecule is C.CN1[C@@H]2CC[C@H]1CC(CC(C#N)(c1ccccc1)c1ccccc1)C2.CN1[C@@H]2CC[C@H]1CC(CI)C2.C[N+]1(CCCC(F)(F)F)[C@@H]2CC[C@H]1CC(CC(C#N)(c1ccccc1)c1ccccc1)C2.FC(F)(F)CCCBr.N#CC(c1ccccc1)c1ccccc1.O=CO[O-].[Br-].[H-].[K+].[K+]. The fourth-order valence-corrected chi connectivity index (χ4v) is 17.2. The minimum Gasteiger partial charge on any atom is -1.00 e. The Morgan fingerprint density at radius 3 is 1.11 bits per heavy atom. The summed E-state index contributed by atoms with van der Waals surface area (Å²) in [6, 6.07) is 72.5. The van der Waals surface area contributed by atoms with Crippen molar-refractivity contribution in [3.05, 3.63) is 215 Å². The second-order valence-corrected chi connectivity index (χ2v) is 28.5. The van der Waals surface area contributed by atoms with Crippen LogP contribution in [-0.2, 0) is 20.5 Å². The van der Waals surface area contributed by atoms with Gasteiger partial charge in [0.25, 0.3) is 6.47 Å². The Morgan fingerprint density at radius 2 is 0.848 bits per heavy atom. The first kappa shape index (κ1) is 90.9. The third-order valence-corrected chi connectivity index (χ3v) is 22.9. The van der Waals surface area contributed by atoms with Gasteiger partial charge in [-0.2, -0.15) is 42.1 Å². The van der Waals surface area contributed by atoms with E-state index in [-0.39, 0.29) is 154 Å². The molecule has 6 aromatic carbocycles. The molecule has 10 atom stereocenters. The van der Waals surface area contributed by atoms with Crippen LogP contribution in [0.1, 0.15) is 164 Å². The van der Waals surface area contributed by atoms with Gasteiger partial charge in [0.1, 0.15) is 10.8 Å². The number of quaternary nitrogens is 1. The second kappa shape index (κ2) is 45.2. The normalized spacial score (nSPS) is 23.3. The van der Waals surface area contributed by atoms with E-state index in [0.717, 1.165) is 94.4 Å². The van der Waals surface area contributed by atoms with Crippen LogP contribution in [0.2, 0.25) is 0 Å². The van der Waals surface area contributed by atoms with Crippen molar-refractivity contribution in [2.45, 2.75) is 188 Å². The van der Waals surface area contributed by atoms with Crippen molar-refractivity contribution in [1.82, 2.24) is 9.80 Å². The van der Waals surface area contributed by atoms with Crippen LogP contribution in [0.3, 0.4) is 0 Å². The van der Waals surface area contributed by atoms with Crippen LogP contribution in [0.25, 0.3) is 0 Å². The molecule has 6 aromatic rings. The molecule has 20 heteroatoms. The number of carbonyl (C=O) groups is 1. The van der Waals surface area contributed by atoms with E-state index < -0.39 is 36.0 Å². The largest absolute Gasteiger partial charge is 1.00 e. The monoisotopic (exact) mass is 1650 g/mol. The minimum absolute atomic E-state index is 0. The maximum Gasteiger partial charge on any atom is 1.00 e. The first-order valence-electron chi connectivity index (χ1n) is 33.5. The Kier molecular flexibility index (Phi) is 41.5. The zero-order valence-corrected chi connectivity index (χ0v) is 68.9. The quantitative estimate of drug-likeness (QED) is 0.0129. The van der Waals surface area contributed by atoms with E-state index in [1.807, 2.05) is 133 Å². The summed E-state index contributed by atoms with van der Waals surface area (Å²) in [4.78, 5) is 16.4. The number of halogens is 9. The number of fused-ring (bicyclic) bond motifs is 6. The standard InChI is InChI=1S/C27H32F3N2.C23H26N2.C14H11N.C9H16IN.C4H6BrF3.CH2O3.CH4.BrH.2K.H/c1-32(16-8-15-27(28,29)30)24-13-14-25(32)18-21(17-24)19-26(20-31,22-9-4-2-5-10-22)23-11-6-3-7-12-23;1-25-21-12-13-22(25)15-18(14-21)16-23(17-24,19-8-4-2-5-9-19)20-10-6-3-7-11-20;15-11-14(12-7-3-1-4-8-12)13-9-5-2-6-10-13;1-11-8-2-3-9(11)5-7(4-8)6-10;5-3-1-2-4(6,7)8;2-1-4-3;;;;;/h2-7,9-12,21,24-25H,8,13-19H2,1H3;2-11,18,21-22H,12-16H2,1H3;1-10,14H;7-9H,2-6H2,1H3;1-3H2;1,3H;1H4;1H;;;/q+1;;;;;;;;2*+1;-1/p-2/t21?,24-,25+,32?;18?,21-,22+;;7?,8-,9+;;;;;;;. The molecule has 9 nitrogen and oxygen atoms in total. The molecule has 0 spiro atoms. The fraction of sp³-hybridized carbons (Fsp3) is 0.494. The summed E-state index contributed by atoms with van der Waals surface area (Å²) >= 11 is 5.45. The maximum absolute atomic E-state index is 12.7. The summed E-state index contributed by atoms with van der Waals surface area (Å²) < 4.78 is 74.0. The van der Waals surface area contributed by atoms with Crippen molar-refractivity contribution < 1.29 is 167 Å².